The predicted octanol–water partition coefficient (Wildman–Crippen LogP) is 7.43. The molecule has 3 aromatic rings. The number of hydrogen-bond donors (Lipinski definition) is 2. The van der Waals surface area contributed by atoms with Crippen molar-refractivity contribution in [2.45, 2.75) is 19.0 Å². The molecule has 0 atom stereocenters. The molecular weight excluding hydrogens is 575 g/mol. The SMILES string of the molecule is O=C(Nc1cccc(C(F)(F)F)c1)C(C=NOCc1ccc(Cl)cc1Cl)C(=O)Nc1cccc(C(F)(F)F)c1. The van der Waals surface area contributed by atoms with Crippen LogP contribution >= 0.6 is 23.2 Å². The minimum absolute atomic E-state index is 0.205. The van der Waals surface area contributed by atoms with Crippen LogP contribution in [0.1, 0.15) is 16.7 Å². The highest BCUT2D eigenvalue weighted by Gasteiger charge is 2.32. The summed E-state index contributed by atoms with van der Waals surface area (Å²) in [6.07, 6.45) is -8.64. The van der Waals surface area contributed by atoms with E-state index in [1.807, 2.05) is 0 Å². The second-order valence-corrected chi connectivity index (χ2v) is 8.72. The Labute approximate surface area is 227 Å². The first-order valence-electron chi connectivity index (χ1n) is 10.8. The fourth-order valence-electron chi connectivity index (χ4n) is 3.09. The molecular formula is C25H17Cl2F6N3O3. The van der Waals surface area contributed by atoms with E-state index in [2.05, 4.69) is 15.8 Å². The summed E-state index contributed by atoms with van der Waals surface area (Å²) in [6, 6.07) is 11.8. The van der Waals surface area contributed by atoms with Crippen molar-refractivity contribution in [3.63, 3.8) is 0 Å². The van der Waals surface area contributed by atoms with Gasteiger partial charge >= 0.3 is 12.4 Å². The molecule has 0 fully saturated rings. The van der Waals surface area contributed by atoms with Crippen LogP contribution in [0.5, 0.6) is 0 Å². The van der Waals surface area contributed by atoms with Gasteiger partial charge in [0.15, 0.2) is 5.92 Å². The molecule has 2 N–H and O–H groups in total. The number of anilines is 2. The van der Waals surface area contributed by atoms with Crippen LogP contribution in [0, 0.1) is 5.92 Å². The van der Waals surface area contributed by atoms with Crippen molar-refractivity contribution >= 4 is 52.6 Å². The lowest BCUT2D eigenvalue weighted by molar-refractivity contribution is -0.138. The van der Waals surface area contributed by atoms with Crippen molar-refractivity contribution in [1.82, 2.24) is 0 Å². The minimum Gasteiger partial charge on any atom is -0.391 e. The second-order valence-electron chi connectivity index (χ2n) is 7.88. The number of halogens is 8. The fourth-order valence-corrected chi connectivity index (χ4v) is 3.55. The van der Waals surface area contributed by atoms with Crippen LogP contribution in [-0.4, -0.2) is 18.0 Å². The van der Waals surface area contributed by atoms with E-state index in [9.17, 15) is 35.9 Å². The zero-order valence-electron chi connectivity index (χ0n) is 19.4. The first-order valence-corrected chi connectivity index (χ1v) is 11.6. The lowest BCUT2D eigenvalue weighted by Gasteiger charge is -2.15. The number of hydrogen-bond acceptors (Lipinski definition) is 4. The molecule has 0 bridgehead atoms. The average molecular weight is 592 g/mol. The zero-order chi connectivity index (χ0) is 28.8. The van der Waals surface area contributed by atoms with Gasteiger partial charge in [-0.2, -0.15) is 26.3 Å². The van der Waals surface area contributed by atoms with Crippen LogP contribution in [0.4, 0.5) is 37.7 Å². The summed E-state index contributed by atoms with van der Waals surface area (Å²) in [6.45, 7) is -0.205. The van der Waals surface area contributed by atoms with E-state index in [4.69, 9.17) is 28.0 Å². The van der Waals surface area contributed by atoms with Crippen LogP contribution in [0.25, 0.3) is 0 Å². The van der Waals surface area contributed by atoms with Crippen molar-refractivity contribution in [1.29, 1.82) is 0 Å². The van der Waals surface area contributed by atoms with Crippen molar-refractivity contribution in [2.24, 2.45) is 11.1 Å². The number of carbonyl (C=O) groups excluding carboxylic acids is 2. The van der Waals surface area contributed by atoms with Crippen molar-refractivity contribution in [3.05, 3.63) is 93.5 Å². The molecule has 14 heteroatoms. The monoisotopic (exact) mass is 591 g/mol. The van der Waals surface area contributed by atoms with Crippen LogP contribution in [-0.2, 0) is 33.4 Å². The number of nitrogens with zero attached hydrogens (tertiary/aromatic N) is 1. The van der Waals surface area contributed by atoms with E-state index in [-0.39, 0.29) is 23.0 Å². The number of rotatable bonds is 8. The predicted molar refractivity (Wildman–Crippen MR) is 133 cm³/mol. The Bertz CT molecular complexity index is 1310. The second kappa shape index (κ2) is 12.4. The first-order chi connectivity index (χ1) is 18.2. The van der Waals surface area contributed by atoms with Gasteiger partial charge < -0.3 is 15.5 Å². The van der Waals surface area contributed by atoms with E-state index >= 15 is 0 Å². The molecule has 0 radical (unpaired) electrons. The van der Waals surface area contributed by atoms with Gasteiger partial charge in [0.25, 0.3) is 0 Å². The van der Waals surface area contributed by atoms with Gasteiger partial charge in [-0.1, -0.05) is 46.6 Å². The number of nitrogens with one attached hydrogen (secondary N) is 2. The third kappa shape index (κ3) is 8.62. The van der Waals surface area contributed by atoms with Crippen molar-refractivity contribution in [3.8, 4) is 0 Å². The third-order valence-corrected chi connectivity index (χ3v) is 5.59. The van der Waals surface area contributed by atoms with Gasteiger partial charge in [-0.25, -0.2) is 0 Å². The maximum absolute atomic E-state index is 13.0. The third-order valence-electron chi connectivity index (χ3n) is 5.00. The normalized spacial score (nSPS) is 12.0. The zero-order valence-corrected chi connectivity index (χ0v) is 20.9. The number of alkyl halides is 6. The van der Waals surface area contributed by atoms with Gasteiger partial charge in [-0.15, -0.1) is 0 Å². The van der Waals surface area contributed by atoms with Gasteiger partial charge in [-0.05, 0) is 48.5 Å². The summed E-state index contributed by atoms with van der Waals surface area (Å²) >= 11 is 11.9. The maximum atomic E-state index is 13.0. The molecule has 39 heavy (non-hydrogen) atoms. The van der Waals surface area contributed by atoms with Gasteiger partial charge in [0, 0.05) is 27.0 Å². The molecule has 0 aromatic heterocycles. The molecule has 6 nitrogen and oxygen atoms in total. The summed E-state index contributed by atoms with van der Waals surface area (Å²) in [5.41, 5.74) is -2.22. The number of amides is 2. The van der Waals surface area contributed by atoms with Gasteiger partial charge in [0.05, 0.1) is 17.3 Å². The summed E-state index contributed by atoms with van der Waals surface area (Å²) in [7, 11) is 0. The molecule has 2 amide bonds. The van der Waals surface area contributed by atoms with Gasteiger partial charge in [0.2, 0.25) is 11.8 Å². The largest absolute Gasteiger partial charge is 0.416 e. The van der Waals surface area contributed by atoms with E-state index in [1.54, 1.807) is 6.07 Å². The maximum Gasteiger partial charge on any atom is 0.416 e. The summed E-state index contributed by atoms with van der Waals surface area (Å²) in [5, 5.41) is 8.52. The Balaban J connectivity index is 1.81. The smallest absolute Gasteiger partial charge is 0.391 e. The molecule has 0 aliphatic rings. The summed E-state index contributed by atoms with van der Waals surface area (Å²) < 4.78 is 78.2. The molecule has 0 aliphatic heterocycles. The van der Waals surface area contributed by atoms with Crippen LogP contribution in [0.2, 0.25) is 10.0 Å². The quantitative estimate of drug-likeness (QED) is 0.124. The van der Waals surface area contributed by atoms with Crippen LogP contribution < -0.4 is 10.6 Å². The number of benzene rings is 3. The number of carbonyl (C=O) groups is 2. The molecule has 3 rings (SSSR count). The fraction of sp³-hybridized carbons (Fsp3) is 0.160. The highest BCUT2D eigenvalue weighted by molar-refractivity contribution is 6.35. The molecule has 0 saturated heterocycles. The van der Waals surface area contributed by atoms with E-state index in [0.29, 0.717) is 22.7 Å². The summed E-state index contributed by atoms with van der Waals surface area (Å²) in [5.74, 6) is -4.08. The van der Waals surface area contributed by atoms with Crippen LogP contribution in [0.3, 0.4) is 0 Å². The Kier molecular flexibility index (Phi) is 9.46. The average Bonchev–Trinajstić information content (AvgIpc) is 2.84. The minimum atomic E-state index is -4.70. The Hall–Kier alpha value is -3.77. The van der Waals surface area contributed by atoms with E-state index < -0.39 is 41.2 Å². The van der Waals surface area contributed by atoms with Crippen molar-refractivity contribution in [2.75, 3.05) is 10.6 Å². The standard InChI is InChI=1S/C25H17Cl2F6N3O3/c26-17-8-7-14(21(27)11-17)13-39-34-12-20(22(37)35-18-5-1-3-15(9-18)24(28,29)30)23(38)36-19-6-2-4-16(10-19)25(31,32)33/h1-12,20H,13H2,(H,35,37)(H,36,38). The topological polar surface area (TPSA) is 79.8 Å². The lowest BCUT2D eigenvalue weighted by atomic mass is 10.1. The van der Waals surface area contributed by atoms with Crippen molar-refractivity contribution < 1.29 is 40.8 Å². The first kappa shape index (κ1) is 29.8. The Morgan fingerprint density at radius 2 is 1.33 bits per heavy atom. The molecule has 3 aromatic carbocycles. The van der Waals surface area contributed by atoms with E-state index in [1.165, 1.54) is 12.1 Å². The van der Waals surface area contributed by atoms with Gasteiger partial charge in [-0.3, -0.25) is 9.59 Å². The molecule has 0 heterocycles. The van der Waals surface area contributed by atoms with Crippen LogP contribution in [0.15, 0.2) is 71.9 Å². The van der Waals surface area contributed by atoms with E-state index in [0.717, 1.165) is 42.6 Å². The molecule has 0 aliphatic carbocycles. The highest BCUT2D eigenvalue weighted by Crippen LogP contribution is 2.32. The molecule has 206 valence electrons. The molecule has 0 saturated carbocycles. The highest BCUT2D eigenvalue weighted by atomic mass is 35.5. The van der Waals surface area contributed by atoms with Gasteiger partial charge in [0.1, 0.15) is 6.61 Å². The molecule has 0 unspecified atom stereocenters. The lowest BCUT2D eigenvalue weighted by Crippen LogP contribution is -2.35. The number of oxime groups is 1. The summed E-state index contributed by atoms with van der Waals surface area (Å²) in [4.78, 5) is 30.8. The molecule has 0 spiro atoms. The Morgan fingerprint density at radius 3 is 1.79 bits per heavy atom. The Morgan fingerprint density at radius 1 is 0.821 bits per heavy atom.